The van der Waals surface area contributed by atoms with E-state index in [4.69, 9.17) is 4.74 Å². The van der Waals surface area contributed by atoms with Crippen LogP contribution in [0.15, 0.2) is 24.7 Å². The Hall–Kier alpha value is -1.71. The summed E-state index contributed by atoms with van der Waals surface area (Å²) in [6, 6.07) is 1.88. The van der Waals surface area contributed by atoms with Gasteiger partial charge in [0.05, 0.1) is 7.11 Å². The Balaban J connectivity index is 2.52. The van der Waals surface area contributed by atoms with Crippen molar-refractivity contribution in [1.29, 1.82) is 0 Å². The van der Waals surface area contributed by atoms with E-state index in [1.165, 1.54) is 0 Å². The van der Waals surface area contributed by atoms with E-state index in [0.717, 1.165) is 17.4 Å². The minimum absolute atomic E-state index is 0.820. The average molecular weight is 177 g/mol. The second-order valence-corrected chi connectivity index (χ2v) is 2.74. The fourth-order valence-electron chi connectivity index (χ4n) is 1.31. The van der Waals surface area contributed by atoms with E-state index < -0.39 is 0 Å². The number of methoxy groups -OCH3 is 1. The van der Waals surface area contributed by atoms with Gasteiger partial charge in [0.2, 0.25) is 0 Å². The summed E-state index contributed by atoms with van der Waals surface area (Å²) in [7, 11) is 1.65. The zero-order chi connectivity index (χ0) is 9.26. The number of nitrogens with one attached hydrogen (secondary N) is 1. The Morgan fingerprint density at radius 3 is 3.00 bits per heavy atom. The minimum atomic E-state index is 0.820. The summed E-state index contributed by atoms with van der Waals surface area (Å²) in [6.07, 6.45) is 5.49. The summed E-state index contributed by atoms with van der Waals surface area (Å²) in [5.41, 5.74) is 0. The van der Waals surface area contributed by atoms with Gasteiger partial charge in [-0.1, -0.05) is 0 Å². The van der Waals surface area contributed by atoms with Crippen LogP contribution in [-0.2, 0) is 0 Å². The molecule has 0 radical (unpaired) electrons. The van der Waals surface area contributed by atoms with Crippen molar-refractivity contribution in [1.82, 2.24) is 14.5 Å². The van der Waals surface area contributed by atoms with Crippen molar-refractivity contribution < 1.29 is 4.74 Å². The molecule has 0 bridgehead atoms. The van der Waals surface area contributed by atoms with Crippen LogP contribution in [0.2, 0.25) is 0 Å². The highest BCUT2D eigenvalue weighted by atomic mass is 16.5. The Morgan fingerprint density at radius 2 is 2.38 bits per heavy atom. The van der Waals surface area contributed by atoms with Crippen molar-refractivity contribution in [2.45, 2.75) is 6.92 Å². The molecule has 0 aliphatic heterocycles. The summed E-state index contributed by atoms with van der Waals surface area (Å²) in [5, 5.41) is 0. The lowest BCUT2D eigenvalue weighted by Crippen LogP contribution is -1.97. The van der Waals surface area contributed by atoms with Gasteiger partial charge in [0.15, 0.2) is 11.6 Å². The van der Waals surface area contributed by atoms with Gasteiger partial charge in [0, 0.05) is 18.6 Å². The Kier molecular flexibility index (Phi) is 1.81. The molecule has 0 saturated heterocycles. The molecule has 0 unspecified atom stereocenters. The largest absolute Gasteiger partial charge is 0.493 e. The van der Waals surface area contributed by atoms with Crippen molar-refractivity contribution >= 4 is 0 Å². The van der Waals surface area contributed by atoms with E-state index in [-0.39, 0.29) is 0 Å². The molecule has 4 heteroatoms. The zero-order valence-electron chi connectivity index (χ0n) is 7.61. The molecule has 13 heavy (non-hydrogen) atoms. The minimum Gasteiger partial charge on any atom is -0.493 e. The highest BCUT2D eigenvalue weighted by Gasteiger charge is 2.07. The summed E-state index contributed by atoms with van der Waals surface area (Å²) in [5.74, 6) is 2.67. The van der Waals surface area contributed by atoms with Crippen molar-refractivity contribution in [3.05, 3.63) is 30.5 Å². The predicted molar refractivity (Wildman–Crippen MR) is 49.2 cm³/mol. The van der Waals surface area contributed by atoms with Crippen LogP contribution in [0.25, 0.3) is 5.82 Å². The van der Waals surface area contributed by atoms with Gasteiger partial charge in [0.25, 0.3) is 0 Å². The molecule has 4 nitrogen and oxygen atoms in total. The standard InChI is InChI=1S/C9H11N3O/c1-7-10-5-6-12(7)9-8(13-2)3-4-11-9/h3-6,11H,1-2H3. The molecule has 2 heterocycles. The lowest BCUT2D eigenvalue weighted by Gasteiger charge is -2.04. The Labute approximate surface area is 76.2 Å². The van der Waals surface area contributed by atoms with E-state index in [1.54, 1.807) is 13.3 Å². The van der Waals surface area contributed by atoms with Gasteiger partial charge in [0.1, 0.15) is 5.82 Å². The number of aromatic amines is 1. The van der Waals surface area contributed by atoms with Gasteiger partial charge in [-0.25, -0.2) is 4.98 Å². The van der Waals surface area contributed by atoms with E-state index >= 15 is 0 Å². The number of imidazole rings is 1. The topological polar surface area (TPSA) is 42.8 Å². The van der Waals surface area contributed by atoms with Crippen LogP contribution in [0, 0.1) is 6.92 Å². The molecule has 2 aromatic heterocycles. The first-order chi connectivity index (χ1) is 6.33. The normalized spacial score (nSPS) is 10.3. The zero-order valence-corrected chi connectivity index (χ0v) is 7.61. The van der Waals surface area contributed by atoms with Crippen LogP contribution >= 0.6 is 0 Å². The monoisotopic (exact) mass is 177 g/mol. The number of H-pyrrole nitrogens is 1. The lowest BCUT2D eigenvalue weighted by molar-refractivity contribution is 0.413. The molecule has 0 aliphatic rings. The molecule has 0 saturated carbocycles. The number of hydrogen-bond donors (Lipinski definition) is 1. The fourth-order valence-corrected chi connectivity index (χ4v) is 1.31. The third-order valence-electron chi connectivity index (χ3n) is 1.97. The van der Waals surface area contributed by atoms with Crippen LogP contribution < -0.4 is 4.74 Å². The maximum atomic E-state index is 5.18. The van der Waals surface area contributed by atoms with Crippen LogP contribution in [0.5, 0.6) is 5.75 Å². The van der Waals surface area contributed by atoms with Gasteiger partial charge in [-0.15, -0.1) is 0 Å². The molecule has 0 atom stereocenters. The molecular formula is C9H11N3O. The highest BCUT2D eigenvalue weighted by molar-refractivity contribution is 5.41. The molecule has 0 amide bonds. The van der Waals surface area contributed by atoms with Crippen LogP contribution in [0.3, 0.4) is 0 Å². The fraction of sp³-hybridized carbons (Fsp3) is 0.222. The molecule has 1 N–H and O–H groups in total. The average Bonchev–Trinajstić information content (AvgIpc) is 2.71. The third-order valence-corrected chi connectivity index (χ3v) is 1.97. The van der Waals surface area contributed by atoms with Gasteiger partial charge >= 0.3 is 0 Å². The smallest absolute Gasteiger partial charge is 0.161 e. The first-order valence-corrected chi connectivity index (χ1v) is 4.04. The molecular weight excluding hydrogens is 166 g/mol. The van der Waals surface area contributed by atoms with Crippen molar-refractivity contribution in [3.8, 4) is 11.6 Å². The molecule has 0 spiro atoms. The number of aromatic nitrogens is 3. The highest BCUT2D eigenvalue weighted by Crippen LogP contribution is 2.21. The molecule has 2 aromatic rings. The number of rotatable bonds is 2. The van der Waals surface area contributed by atoms with E-state index in [2.05, 4.69) is 9.97 Å². The van der Waals surface area contributed by atoms with Crippen LogP contribution in [-0.4, -0.2) is 21.6 Å². The third kappa shape index (κ3) is 1.20. The number of aryl methyl sites for hydroxylation is 1. The summed E-state index contributed by atoms with van der Waals surface area (Å²) >= 11 is 0. The molecule has 0 aliphatic carbocycles. The van der Waals surface area contributed by atoms with Crippen molar-refractivity contribution in [3.63, 3.8) is 0 Å². The van der Waals surface area contributed by atoms with Crippen molar-refractivity contribution in [2.24, 2.45) is 0 Å². The lowest BCUT2D eigenvalue weighted by atomic mass is 10.5. The Morgan fingerprint density at radius 1 is 1.54 bits per heavy atom. The van der Waals surface area contributed by atoms with Crippen LogP contribution in [0.1, 0.15) is 5.82 Å². The Bertz CT molecular complexity index is 402. The summed E-state index contributed by atoms with van der Waals surface area (Å²) < 4.78 is 7.13. The maximum Gasteiger partial charge on any atom is 0.161 e. The van der Waals surface area contributed by atoms with E-state index in [1.807, 2.05) is 30.0 Å². The van der Waals surface area contributed by atoms with Crippen LogP contribution in [0.4, 0.5) is 0 Å². The van der Waals surface area contributed by atoms with E-state index in [9.17, 15) is 0 Å². The first-order valence-electron chi connectivity index (χ1n) is 4.04. The summed E-state index contributed by atoms with van der Waals surface area (Å²) in [4.78, 5) is 7.23. The van der Waals surface area contributed by atoms with E-state index in [0.29, 0.717) is 0 Å². The molecule has 2 rings (SSSR count). The van der Waals surface area contributed by atoms with Gasteiger partial charge in [-0.2, -0.15) is 0 Å². The quantitative estimate of drug-likeness (QED) is 0.755. The van der Waals surface area contributed by atoms with Gasteiger partial charge in [-0.3, -0.25) is 4.57 Å². The second kappa shape index (κ2) is 2.97. The van der Waals surface area contributed by atoms with Crippen molar-refractivity contribution in [2.75, 3.05) is 7.11 Å². The number of ether oxygens (including phenoxy) is 1. The molecule has 68 valence electrons. The maximum absolute atomic E-state index is 5.18. The predicted octanol–water partition coefficient (Wildman–Crippen LogP) is 1.52. The first kappa shape index (κ1) is 7.91. The molecule has 0 aromatic carbocycles. The number of hydrogen-bond acceptors (Lipinski definition) is 2. The SMILES string of the molecule is COc1cc[nH]c1-n1ccnc1C. The molecule has 0 fully saturated rings. The second-order valence-electron chi connectivity index (χ2n) is 2.74. The van der Waals surface area contributed by atoms with Gasteiger partial charge < -0.3 is 9.72 Å². The summed E-state index contributed by atoms with van der Waals surface area (Å²) in [6.45, 7) is 1.94. The number of nitrogens with zero attached hydrogens (tertiary/aromatic N) is 2. The van der Waals surface area contributed by atoms with Gasteiger partial charge in [-0.05, 0) is 13.0 Å².